The Balaban J connectivity index is 0.00000211. The lowest BCUT2D eigenvalue weighted by Gasteiger charge is -2.13. The molecule has 1 aliphatic heterocycles. The number of halogens is 1. The Bertz CT molecular complexity index is 429. The molecule has 1 aliphatic rings. The first-order valence-corrected chi connectivity index (χ1v) is 7.83. The first kappa shape index (κ1) is 20.3. The van der Waals surface area contributed by atoms with Crippen molar-refractivity contribution in [2.75, 3.05) is 19.8 Å². The predicted molar refractivity (Wildman–Crippen MR) is 82.1 cm³/mol. The molecule has 1 rings (SSSR count). The van der Waals surface area contributed by atoms with Crippen LogP contribution in [0.25, 0.3) is 0 Å². The fourth-order valence-corrected chi connectivity index (χ4v) is 1.47. The van der Waals surface area contributed by atoms with Crippen LogP contribution in [0.4, 0.5) is 0 Å². The zero-order chi connectivity index (χ0) is 17.1. The molecule has 8 heteroatoms. The molecule has 0 aliphatic carbocycles. The van der Waals surface area contributed by atoms with E-state index in [2.05, 4.69) is 15.9 Å². The van der Waals surface area contributed by atoms with Crippen molar-refractivity contribution in [3.05, 3.63) is 12.2 Å². The first-order chi connectivity index (χ1) is 10.4. The molecule has 0 aromatic heterocycles. The number of hydrogen-bond donors (Lipinski definition) is 0. The predicted octanol–water partition coefficient (Wildman–Crippen LogP) is 1.20. The molecule has 0 N–H and O–H groups in total. The minimum atomic E-state index is -0.569. The molecule has 0 radical (unpaired) electrons. The molecule has 124 valence electrons. The second-order valence-corrected chi connectivity index (χ2v) is 5.29. The number of rotatable bonds is 7. The highest BCUT2D eigenvalue weighted by atomic mass is 79.9. The smallest absolute Gasteiger partial charge is 0.319 e. The van der Waals surface area contributed by atoms with Gasteiger partial charge < -0.3 is 9.47 Å². The normalized spacial score (nSPS) is 14.3. The summed E-state index contributed by atoms with van der Waals surface area (Å²) in [5, 5.41) is 0. The second-order valence-electron chi connectivity index (χ2n) is 3.92. The topological polar surface area (TPSA) is 90.0 Å². The molecule has 0 fully saturated rings. The van der Waals surface area contributed by atoms with Crippen LogP contribution in [0.5, 0.6) is 0 Å². The summed E-state index contributed by atoms with van der Waals surface area (Å²) in [5.41, 5.74) is 0. The molecule has 1 atom stereocenters. The summed E-state index contributed by atoms with van der Waals surface area (Å²) in [6.07, 6.45) is 2.20. The van der Waals surface area contributed by atoms with Crippen molar-refractivity contribution in [3.8, 4) is 0 Å². The Hall–Kier alpha value is -1.70. The Morgan fingerprint density at radius 1 is 1.14 bits per heavy atom. The average molecular weight is 378 g/mol. The maximum absolute atomic E-state index is 11.4. The number of esters is 2. The number of carbonyl (C=O) groups is 4. The van der Waals surface area contributed by atoms with E-state index in [9.17, 15) is 19.2 Å². The van der Waals surface area contributed by atoms with Crippen molar-refractivity contribution >= 4 is 39.7 Å². The molecule has 2 amide bonds. The molecule has 22 heavy (non-hydrogen) atoms. The standard InChI is InChI=1S/C12H14BrNO6.C2H6/c1-8(13)12(18)20-7-6-19-11(17)4-5-14-9(15)2-3-10(14)16;1-2/h2-3,8H,4-7H2,1H3;1-2H3. The minimum Gasteiger partial charge on any atom is -0.462 e. The Morgan fingerprint density at radius 2 is 1.64 bits per heavy atom. The van der Waals surface area contributed by atoms with Crippen LogP contribution in [0.15, 0.2) is 12.2 Å². The van der Waals surface area contributed by atoms with Crippen LogP contribution in [0.1, 0.15) is 27.2 Å². The second kappa shape index (κ2) is 10.9. The third-order valence-corrected chi connectivity index (χ3v) is 2.73. The van der Waals surface area contributed by atoms with Gasteiger partial charge in [0.15, 0.2) is 0 Å². The van der Waals surface area contributed by atoms with Crippen molar-refractivity contribution in [1.82, 2.24) is 4.90 Å². The lowest BCUT2D eigenvalue weighted by molar-refractivity contribution is -0.152. The quantitative estimate of drug-likeness (QED) is 0.286. The van der Waals surface area contributed by atoms with Gasteiger partial charge in [-0.25, -0.2) is 0 Å². The lowest BCUT2D eigenvalue weighted by atomic mass is 10.4. The highest BCUT2D eigenvalue weighted by molar-refractivity contribution is 9.10. The molecular formula is C14H20BrNO6. The fraction of sp³-hybridized carbons (Fsp3) is 0.571. The van der Waals surface area contributed by atoms with Crippen molar-refractivity contribution in [3.63, 3.8) is 0 Å². The summed E-state index contributed by atoms with van der Waals surface area (Å²) < 4.78 is 9.58. The van der Waals surface area contributed by atoms with Crippen molar-refractivity contribution in [2.45, 2.75) is 32.0 Å². The molecule has 0 saturated heterocycles. The van der Waals surface area contributed by atoms with Gasteiger partial charge in [0.1, 0.15) is 18.0 Å². The summed E-state index contributed by atoms with van der Waals surface area (Å²) in [7, 11) is 0. The van der Waals surface area contributed by atoms with Crippen LogP contribution in [-0.2, 0) is 28.7 Å². The number of carbonyl (C=O) groups excluding carboxylic acids is 4. The zero-order valence-electron chi connectivity index (χ0n) is 12.8. The van der Waals surface area contributed by atoms with E-state index in [0.717, 1.165) is 17.1 Å². The van der Waals surface area contributed by atoms with Gasteiger partial charge in [-0.05, 0) is 6.92 Å². The van der Waals surface area contributed by atoms with Crippen LogP contribution in [0.2, 0.25) is 0 Å². The first-order valence-electron chi connectivity index (χ1n) is 6.91. The molecule has 0 aromatic rings. The van der Waals surface area contributed by atoms with Gasteiger partial charge in [-0.15, -0.1) is 0 Å². The Labute approximate surface area is 137 Å². The summed E-state index contributed by atoms with van der Waals surface area (Å²) >= 11 is 3.04. The molecule has 1 unspecified atom stereocenters. The monoisotopic (exact) mass is 377 g/mol. The van der Waals surface area contributed by atoms with E-state index in [1.165, 1.54) is 0 Å². The van der Waals surface area contributed by atoms with E-state index < -0.39 is 28.6 Å². The van der Waals surface area contributed by atoms with Crippen molar-refractivity contribution in [1.29, 1.82) is 0 Å². The highest BCUT2D eigenvalue weighted by Crippen LogP contribution is 2.04. The Morgan fingerprint density at radius 3 is 2.14 bits per heavy atom. The van der Waals surface area contributed by atoms with E-state index in [4.69, 9.17) is 9.47 Å². The van der Waals surface area contributed by atoms with E-state index in [1.807, 2.05) is 13.8 Å². The minimum absolute atomic E-state index is 0.0261. The number of amides is 2. The summed E-state index contributed by atoms with van der Waals surface area (Å²) in [4.78, 5) is 45.3. The number of nitrogens with zero attached hydrogens (tertiary/aromatic N) is 1. The summed E-state index contributed by atoms with van der Waals surface area (Å²) in [6, 6.07) is 0. The van der Waals surface area contributed by atoms with Gasteiger partial charge in [-0.3, -0.25) is 24.1 Å². The number of ether oxygens (including phenoxy) is 2. The van der Waals surface area contributed by atoms with Crippen LogP contribution in [-0.4, -0.2) is 53.2 Å². The maximum Gasteiger partial charge on any atom is 0.319 e. The van der Waals surface area contributed by atoms with E-state index in [0.29, 0.717) is 0 Å². The van der Waals surface area contributed by atoms with E-state index >= 15 is 0 Å². The van der Waals surface area contributed by atoms with Gasteiger partial charge >= 0.3 is 11.9 Å². The average Bonchev–Trinajstić information content (AvgIpc) is 2.82. The SMILES string of the molecule is CC.CC(Br)C(=O)OCCOC(=O)CCN1C(=O)C=CC1=O. The molecule has 1 heterocycles. The largest absolute Gasteiger partial charge is 0.462 e. The van der Waals surface area contributed by atoms with Crippen molar-refractivity contribution in [2.24, 2.45) is 0 Å². The molecule has 0 bridgehead atoms. The number of alkyl halides is 1. The van der Waals surface area contributed by atoms with Crippen LogP contribution >= 0.6 is 15.9 Å². The van der Waals surface area contributed by atoms with Gasteiger partial charge in [0.05, 0.1) is 6.42 Å². The third kappa shape index (κ3) is 7.35. The Kier molecular flexibility index (Phi) is 10.1. The van der Waals surface area contributed by atoms with Crippen molar-refractivity contribution < 1.29 is 28.7 Å². The van der Waals surface area contributed by atoms with E-state index in [-0.39, 0.29) is 26.2 Å². The number of hydrogen-bond acceptors (Lipinski definition) is 6. The molecule has 0 aromatic carbocycles. The third-order valence-electron chi connectivity index (χ3n) is 2.36. The molecule has 0 spiro atoms. The number of imide groups is 1. The molecule has 7 nitrogen and oxygen atoms in total. The van der Waals surface area contributed by atoms with Crippen LogP contribution in [0.3, 0.4) is 0 Å². The van der Waals surface area contributed by atoms with Gasteiger partial charge in [-0.1, -0.05) is 29.8 Å². The van der Waals surface area contributed by atoms with Gasteiger partial charge in [0.2, 0.25) is 0 Å². The van der Waals surface area contributed by atoms with Gasteiger partial charge in [0.25, 0.3) is 11.8 Å². The zero-order valence-corrected chi connectivity index (χ0v) is 14.4. The summed E-state index contributed by atoms with van der Waals surface area (Å²) in [6.45, 7) is 5.49. The van der Waals surface area contributed by atoms with Gasteiger partial charge in [-0.2, -0.15) is 0 Å². The highest BCUT2D eigenvalue weighted by Gasteiger charge is 2.23. The van der Waals surface area contributed by atoms with Gasteiger partial charge in [0, 0.05) is 18.7 Å². The summed E-state index contributed by atoms with van der Waals surface area (Å²) in [5.74, 6) is -1.90. The maximum atomic E-state index is 11.4. The fourth-order valence-electron chi connectivity index (χ4n) is 1.34. The van der Waals surface area contributed by atoms with E-state index in [1.54, 1.807) is 6.92 Å². The molecule has 0 saturated carbocycles. The molecular weight excluding hydrogens is 358 g/mol. The lowest BCUT2D eigenvalue weighted by Crippen LogP contribution is -2.32. The van der Waals surface area contributed by atoms with Crippen LogP contribution < -0.4 is 0 Å². The van der Waals surface area contributed by atoms with Crippen LogP contribution in [0, 0.1) is 0 Å².